The van der Waals surface area contributed by atoms with Crippen molar-refractivity contribution in [3.05, 3.63) is 42.0 Å². The number of aromatic nitrogens is 1. The van der Waals surface area contributed by atoms with Gasteiger partial charge >= 0.3 is 0 Å². The summed E-state index contributed by atoms with van der Waals surface area (Å²) in [6.07, 6.45) is 5.72. The van der Waals surface area contributed by atoms with E-state index in [1.54, 1.807) is 20.3 Å². The minimum atomic E-state index is -0.0928. The molecule has 7 heteroatoms. The van der Waals surface area contributed by atoms with Crippen LogP contribution in [0.5, 0.6) is 11.5 Å². The van der Waals surface area contributed by atoms with Crippen LogP contribution in [0.1, 0.15) is 42.5 Å². The number of fused-ring (bicyclic) bond motifs is 3. The van der Waals surface area contributed by atoms with Gasteiger partial charge < -0.3 is 24.1 Å². The lowest BCUT2D eigenvalue weighted by Gasteiger charge is -2.47. The van der Waals surface area contributed by atoms with Gasteiger partial charge in [0.05, 0.1) is 25.3 Å². The molecule has 2 unspecified atom stereocenters. The van der Waals surface area contributed by atoms with Crippen molar-refractivity contribution in [2.45, 2.75) is 50.2 Å². The second-order valence-electron chi connectivity index (χ2n) is 8.78. The van der Waals surface area contributed by atoms with Crippen LogP contribution in [0.25, 0.3) is 22.6 Å². The molecule has 2 atom stereocenters. The summed E-state index contributed by atoms with van der Waals surface area (Å²) in [6, 6.07) is 12.3. The summed E-state index contributed by atoms with van der Waals surface area (Å²) < 4.78 is 16.8. The number of nitrogens with one attached hydrogen (secondary N) is 1. The zero-order valence-electron chi connectivity index (χ0n) is 18.8. The molecule has 5 rings (SSSR count). The second kappa shape index (κ2) is 8.47. The minimum absolute atomic E-state index is 0.0928. The number of para-hydroxylation sites is 1. The summed E-state index contributed by atoms with van der Waals surface area (Å²) in [4.78, 5) is 20.4. The van der Waals surface area contributed by atoms with Gasteiger partial charge in [0, 0.05) is 24.2 Å². The third kappa shape index (κ3) is 3.71. The molecule has 0 spiro atoms. The summed E-state index contributed by atoms with van der Waals surface area (Å²) in [7, 11) is 5.42. The number of piperidine rings is 2. The molecule has 1 amide bonds. The minimum Gasteiger partial charge on any atom is -0.497 e. The number of benzene rings is 2. The Balaban J connectivity index is 1.42. The number of methoxy groups -OCH3 is 2. The number of carbonyl (C=O) groups is 1. The van der Waals surface area contributed by atoms with Crippen molar-refractivity contribution < 1.29 is 18.7 Å². The average molecular weight is 436 g/mol. The molecule has 168 valence electrons. The number of amides is 1. The van der Waals surface area contributed by atoms with Crippen LogP contribution in [0.3, 0.4) is 0 Å². The van der Waals surface area contributed by atoms with E-state index in [-0.39, 0.29) is 11.9 Å². The zero-order valence-corrected chi connectivity index (χ0v) is 18.8. The fourth-order valence-corrected chi connectivity index (χ4v) is 5.22. The Morgan fingerprint density at radius 1 is 1.12 bits per heavy atom. The molecule has 2 saturated heterocycles. The summed E-state index contributed by atoms with van der Waals surface area (Å²) in [5.41, 5.74) is 2.38. The van der Waals surface area contributed by atoms with Crippen LogP contribution in [0.4, 0.5) is 0 Å². The van der Waals surface area contributed by atoms with E-state index < -0.39 is 0 Å². The van der Waals surface area contributed by atoms with Gasteiger partial charge in [0.1, 0.15) is 17.0 Å². The van der Waals surface area contributed by atoms with Crippen LogP contribution >= 0.6 is 0 Å². The largest absolute Gasteiger partial charge is 0.497 e. The average Bonchev–Trinajstić information content (AvgIpc) is 3.23. The number of carbonyl (C=O) groups excluding carboxylic acids is 1. The third-order valence-electron chi connectivity index (χ3n) is 6.98. The first-order chi connectivity index (χ1) is 15.6. The molecule has 2 aliphatic rings. The first kappa shape index (κ1) is 20.8. The summed E-state index contributed by atoms with van der Waals surface area (Å²) in [5, 5.41) is 3.27. The molecule has 1 N–H and O–H groups in total. The fraction of sp³-hybridized carbons (Fsp3) is 0.440. The van der Waals surface area contributed by atoms with Crippen LogP contribution in [-0.2, 0) is 0 Å². The first-order valence-corrected chi connectivity index (χ1v) is 11.2. The molecule has 0 saturated carbocycles. The van der Waals surface area contributed by atoms with E-state index in [0.717, 1.165) is 12.8 Å². The maximum absolute atomic E-state index is 13.2. The van der Waals surface area contributed by atoms with E-state index in [1.807, 2.05) is 30.3 Å². The maximum Gasteiger partial charge on any atom is 0.253 e. The van der Waals surface area contributed by atoms with Gasteiger partial charge in [-0.15, -0.1) is 0 Å². The van der Waals surface area contributed by atoms with Gasteiger partial charge in [-0.25, -0.2) is 4.98 Å². The highest BCUT2D eigenvalue weighted by molar-refractivity contribution is 6.05. The van der Waals surface area contributed by atoms with Crippen molar-refractivity contribution in [1.29, 1.82) is 0 Å². The Hall–Kier alpha value is -3.06. The Morgan fingerprint density at radius 2 is 1.91 bits per heavy atom. The van der Waals surface area contributed by atoms with Crippen molar-refractivity contribution in [1.82, 2.24) is 15.2 Å². The molecular formula is C25H29N3O4. The Kier molecular flexibility index (Phi) is 5.51. The summed E-state index contributed by atoms with van der Waals surface area (Å²) in [5.74, 6) is 1.60. The number of nitrogens with zero attached hydrogens (tertiary/aromatic N) is 2. The Bertz CT molecular complexity index is 1130. The molecular weight excluding hydrogens is 406 g/mol. The standard InChI is InChI=1S/C25H29N3O4/c1-28-16-6-4-7-17(28)13-15(12-16)26-24(29)20-8-5-9-21-23(20)27-25(32-21)19-11-10-18(30-2)14-22(19)31-3/h5,8-11,14-17H,4,6-7,12-13H2,1-3H3,(H,26,29). The number of ether oxygens (including phenoxy) is 2. The topological polar surface area (TPSA) is 76.8 Å². The summed E-state index contributed by atoms with van der Waals surface area (Å²) in [6.45, 7) is 0. The molecule has 1 aromatic heterocycles. The first-order valence-electron chi connectivity index (χ1n) is 11.2. The normalized spacial score (nSPS) is 23.2. The van der Waals surface area contributed by atoms with E-state index in [1.165, 1.54) is 19.3 Å². The lowest BCUT2D eigenvalue weighted by molar-refractivity contribution is 0.0463. The maximum atomic E-state index is 13.2. The molecule has 2 fully saturated rings. The van der Waals surface area contributed by atoms with Crippen molar-refractivity contribution in [2.24, 2.45) is 0 Å². The molecule has 7 nitrogen and oxygen atoms in total. The van der Waals surface area contributed by atoms with Crippen LogP contribution in [0, 0.1) is 0 Å². The second-order valence-corrected chi connectivity index (χ2v) is 8.78. The van der Waals surface area contributed by atoms with E-state index in [9.17, 15) is 4.79 Å². The Labute approximate surface area is 187 Å². The molecule has 2 aliphatic heterocycles. The molecule has 0 radical (unpaired) electrons. The van der Waals surface area contributed by atoms with Crippen molar-refractivity contribution in [3.8, 4) is 23.0 Å². The number of oxazole rings is 1. The van der Waals surface area contributed by atoms with Gasteiger partial charge in [-0.1, -0.05) is 12.5 Å². The molecule has 0 aliphatic carbocycles. The van der Waals surface area contributed by atoms with Gasteiger partial charge in [0.2, 0.25) is 5.89 Å². The zero-order chi connectivity index (χ0) is 22.2. The smallest absolute Gasteiger partial charge is 0.253 e. The van der Waals surface area contributed by atoms with Gasteiger partial charge in [-0.2, -0.15) is 0 Å². The predicted octanol–water partition coefficient (Wildman–Crippen LogP) is 4.26. The molecule has 2 bridgehead atoms. The van der Waals surface area contributed by atoms with Gasteiger partial charge in [0.15, 0.2) is 5.58 Å². The lowest BCUT2D eigenvalue weighted by Crippen LogP contribution is -2.55. The van der Waals surface area contributed by atoms with E-state index in [2.05, 4.69) is 22.2 Å². The number of rotatable bonds is 5. The van der Waals surface area contributed by atoms with Crippen molar-refractivity contribution in [2.75, 3.05) is 21.3 Å². The quantitative estimate of drug-likeness (QED) is 0.645. The van der Waals surface area contributed by atoms with E-state index >= 15 is 0 Å². The number of hydrogen-bond donors (Lipinski definition) is 1. The van der Waals surface area contributed by atoms with Gasteiger partial charge in [-0.3, -0.25) is 4.79 Å². The molecule has 2 aromatic carbocycles. The van der Waals surface area contributed by atoms with Crippen molar-refractivity contribution in [3.63, 3.8) is 0 Å². The van der Waals surface area contributed by atoms with Gasteiger partial charge in [0.25, 0.3) is 5.91 Å². The summed E-state index contributed by atoms with van der Waals surface area (Å²) >= 11 is 0. The van der Waals surface area contributed by atoms with Crippen LogP contribution in [-0.4, -0.2) is 55.2 Å². The predicted molar refractivity (Wildman–Crippen MR) is 122 cm³/mol. The lowest BCUT2D eigenvalue weighted by atomic mass is 9.82. The highest BCUT2D eigenvalue weighted by atomic mass is 16.5. The van der Waals surface area contributed by atoms with Crippen LogP contribution in [0.15, 0.2) is 40.8 Å². The monoisotopic (exact) mass is 435 g/mol. The van der Waals surface area contributed by atoms with E-state index in [0.29, 0.717) is 51.7 Å². The fourth-order valence-electron chi connectivity index (χ4n) is 5.22. The SMILES string of the molecule is COc1ccc(-c2nc3c(C(=O)NC4CC5CCCC(C4)N5C)cccc3o2)c(OC)c1. The van der Waals surface area contributed by atoms with Crippen LogP contribution in [0.2, 0.25) is 0 Å². The Morgan fingerprint density at radius 3 is 2.62 bits per heavy atom. The highest BCUT2D eigenvalue weighted by Crippen LogP contribution is 2.36. The number of hydrogen-bond acceptors (Lipinski definition) is 6. The highest BCUT2D eigenvalue weighted by Gasteiger charge is 2.36. The molecule has 3 aromatic rings. The third-order valence-corrected chi connectivity index (χ3v) is 6.98. The van der Waals surface area contributed by atoms with Crippen LogP contribution < -0.4 is 14.8 Å². The van der Waals surface area contributed by atoms with Crippen molar-refractivity contribution >= 4 is 17.0 Å². The van der Waals surface area contributed by atoms with E-state index in [4.69, 9.17) is 13.9 Å². The molecule has 3 heterocycles. The van der Waals surface area contributed by atoms with Gasteiger partial charge in [-0.05, 0) is 57.0 Å². The molecule has 32 heavy (non-hydrogen) atoms.